The molecule has 1 unspecified atom stereocenters. The molecular weight excluding hydrogens is 265 g/mol. The normalized spacial score (nSPS) is 12.4. The van der Waals surface area contributed by atoms with Gasteiger partial charge in [-0.15, -0.1) is 0 Å². The standard InChI is InChI=1S/C15H15F3N2/c16-12-3-1-2-4-13(12)20-14(9-19)10-5-7-11(8-6-10)15(17)18/h1-8,14-15,20H,9,19H2. The lowest BCUT2D eigenvalue weighted by molar-refractivity contribution is 0.151. The summed E-state index contributed by atoms with van der Waals surface area (Å²) in [6.45, 7) is 0.225. The Hall–Kier alpha value is -2.01. The van der Waals surface area contributed by atoms with E-state index < -0.39 is 6.43 Å². The van der Waals surface area contributed by atoms with Gasteiger partial charge in [-0.3, -0.25) is 0 Å². The van der Waals surface area contributed by atoms with Crippen LogP contribution in [-0.4, -0.2) is 6.54 Å². The van der Waals surface area contributed by atoms with Crippen molar-refractivity contribution in [1.82, 2.24) is 0 Å². The Labute approximate surface area is 115 Å². The van der Waals surface area contributed by atoms with Crippen molar-refractivity contribution in [2.75, 3.05) is 11.9 Å². The number of rotatable bonds is 5. The van der Waals surface area contributed by atoms with Gasteiger partial charge in [-0.2, -0.15) is 0 Å². The summed E-state index contributed by atoms with van der Waals surface area (Å²) in [5.74, 6) is -0.379. The van der Waals surface area contributed by atoms with Crippen LogP contribution in [0.3, 0.4) is 0 Å². The fraction of sp³-hybridized carbons (Fsp3) is 0.200. The van der Waals surface area contributed by atoms with Crippen LogP contribution in [0.5, 0.6) is 0 Å². The van der Waals surface area contributed by atoms with Gasteiger partial charge in [0, 0.05) is 12.1 Å². The number of benzene rings is 2. The molecule has 0 aliphatic carbocycles. The lowest BCUT2D eigenvalue weighted by Crippen LogP contribution is -2.21. The van der Waals surface area contributed by atoms with Gasteiger partial charge in [0.25, 0.3) is 6.43 Å². The molecule has 20 heavy (non-hydrogen) atoms. The van der Waals surface area contributed by atoms with Gasteiger partial charge < -0.3 is 11.1 Å². The van der Waals surface area contributed by atoms with Gasteiger partial charge in [0.2, 0.25) is 0 Å². The molecule has 0 aliphatic heterocycles. The molecule has 0 bridgehead atoms. The minimum absolute atomic E-state index is 0.0459. The van der Waals surface area contributed by atoms with Crippen LogP contribution < -0.4 is 11.1 Å². The zero-order chi connectivity index (χ0) is 14.5. The fourth-order valence-corrected chi connectivity index (χ4v) is 1.92. The maximum absolute atomic E-state index is 13.6. The summed E-state index contributed by atoms with van der Waals surface area (Å²) in [6.07, 6.45) is -2.50. The Bertz CT molecular complexity index is 555. The highest BCUT2D eigenvalue weighted by atomic mass is 19.3. The summed E-state index contributed by atoms with van der Waals surface area (Å²) in [4.78, 5) is 0. The van der Waals surface area contributed by atoms with E-state index in [4.69, 9.17) is 5.73 Å². The Balaban J connectivity index is 2.18. The van der Waals surface area contributed by atoms with Crippen LogP contribution in [0.1, 0.15) is 23.6 Å². The molecule has 0 aliphatic rings. The summed E-state index contributed by atoms with van der Waals surface area (Å²) in [7, 11) is 0. The van der Waals surface area contributed by atoms with E-state index in [9.17, 15) is 13.2 Å². The van der Waals surface area contributed by atoms with Gasteiger partial charge in [0.15, 0.2) is 0 Å². The van der Waals surface area contributed by atoms with Crippen molar-refractivity contribution in [3.05, 3.63) is 65.5 Å². The Kier molecular flexibility index (Phi) is 4.63. The van der Waals surface area contributed by atoms with E-state index in [1.54, 1.807) is 30.3 Å². The Morgan fingerprint density at radius 2 is 1.55 bits per heavy atom. The Morgan fingerprint density at radius 1 is 0.950 bits per heavy atom. The quantitative estimate of drug-likeness (QED) is 0.872. The van der Waals surface area contributed by atoms with Gasteiger partial charge >= 0.3 is 0 Å². The molecule has 3 N–H and O–H groups in total. The molecule has 0 saturated heterocycles. The Morgan fingerprint density at radius 3 is 2.10 bits per heavy atom. The number of nitrogens with two attached hydrogens (primary N) is 1. The highest BCUT2D eigenvalue weighted by Crippen LogP contribution is 2.24. The highest BCUT2D eigenvalue weighted by molar-refractivity contribution is 5.47. The summed E-state index contributed by atoms with van der Waals surface area (Å²) in [6, 6.07) is 11.8. The van der Waals surface area contributed by atoms with E-state index in [0.717, 1.165) is 5.56 Å². The monoisotopic (exact) mass is 280 g/mol. The summed E-state index contributed by atoms with van der Waals surface area (Å²) in [5, 5.41) is 2.97. The molecule has 2 nitrogen and oxygen atoms in total. The van der Waals surface area contributed by atoms with E-state index >= 15 is 0 Å². The van der Waals surface area contributed by atoms with Crippen LogP contribution in [0.2, 0.25) is 0 Å². The summed E-state index contributed by atoms with van der Waals surface area (Å²) < 4.78 is 38.6. The molecule has 0 radical (unpaired) electrons. The van der Waals surface area contributed by atoms with E-state index in [-0.39, 0.29) is 24.0 Å². The smallest absolute Gasteiger partial charge is 0.263 e. The SMILES string of the molecule is NCC(Nc1ccccc1F)c1ccc(C(F)F)cc1. The number of anilines is 1. The minimum Gasteiger partial charge on any atom is -0.375 e. The van der Waals surface area contributed by atoms with Gasteiger partial charge in [-0.1, -0.05) is 36.4 Å². The maximum atomic E-state index is 13.6. The molecule has 106 valence electrons. The van der Waals surface area contributed by atoms with Crippen molar-refractivity contribution < 1.29 is 13.2 Å². The number of hydrogen-bond donors (Lipinski definition) is 2. The van der Waals surface area contributed by atoms with E-state index in [1.807, 2.05) is 0 Å². The summed E-state index contributed by atoms with van der Waals surface area (Å²) >= 11 is 0. The third kappa shape index (κ3) is 3.30. The third-order valence-electron chi connectivity index (χ3n) is 3.03. The first kappa shape index (κ1) is 14.4. The maximum Gasteiger partial charge on any atom is 0.263 e. The first-order valence-electron chi connectivity index (χ1n) is 6.21. The van der Waals surface area contributed by atoms with Crippen molar-refractivity contribution in [2.24, 2.45) is 5.73 Å². The molecular formula is C15H15F3N2. The van der Waals surface area contributed by atoms with Crippen molar-refractivity contribution in [2.45, 2.75) is 12.5 Å². The minimum atomic E-state index is -2.50. The van der Waals surface area contributed by atoms with Crippen molar-refractivity contribution in [3.8, 4) is 0 Å². The number of halogens is 3. The molecule has 0 amide bonds. The van der Waals surface area contributed by atoms with Crippen LogP contribution >= 0.6 is 0 Å². The third-order valence-corrected chi connectivity index (χ3v) is 3.03. The topological polar surface area (TPSA) is 38.0 Å². The molecule has 2 aromatic rings. The molecule has 0 aromatic heterocycles. The van der Waals surface area contributed by atoms with Crippen LogP contribution in [0.25, 0.3) is 0 Å². The number of para-hydroxylation sites is 1. The second-order valence-electron chi connectivity index (χ2n) is 4.38. The van der Waals surface area contributed by atoms with Gasteiger partial charge in [0.1, 0.15) is 5.82 Å². The molecule has 0 spiro atoms. The van der Waals surface area contributed by atoms with Crippen LogP contribution in [-0.2, 0) is 0 Å². The number of nitrogens with one attached hydrogen (secondary N) is 1. The first-order chi connectivity index (χ1) is 9.61. The highest BCUT2D eigenvalue weighted by Gasteiger charge is 2.13. The first-order valence-corrected chi connectivity index (χ1v) is 6.21. The lowest BCUT2D eigenvalue weighted by Gasteiger charge is -2.19. The molecule has 5 heteroatoms. The molecule has 2 rings (SSSR count). The molecule has 0 saturated carbocycles. The van der Waals surface area contributed by atoms with Crippen molar-refractivity contribution in [1.29, 1.82) is 0 Å². The van der Waals surface area contributed by atoms with Crippen molar-refractivity contribution in [3.63, 3.8) is 0 Å². The predicted octanol–water partition coefficient (Wildman–Crippen LogP) is 3.88. The van der Waals surface area contributed by atoms with Crippen molar-refractivity contribution >= 4 is 5.69 Å². The fourth-order valence-electron chi connectivity index (χ4n) is 1.92. The average molecular weight is 280 g/mol. The van der Waals surface area contributed by atoms with E-state index in [0.29, 0.717) is 5.69 Å². The molecule has 2 aromatic carbocycles. The lowest BCUT2D eigenvalue weighted by atomic mass is 10.0. The van der Waals surface area contributed by atoms with E-state index in [2.05, 4.69) is 5.32 Å². The van der Waals surface area contributed by atoms with Crippen LogP contribution in [0.15, 0.2) is 48.5 Å². The second-order valence-corrected chi connectivity index (χ2v) is 4.38. The molecule has 0 heterocycles. The summed E-state index contributed by atoms with van der Waals surface area (Å²) in [5.41, 5.74) is 6.69. The molecule has 0 fully saturated rings. The zero-order valence-electron chi connectivity index (χ0n) is 10.7. The zero-order valence-corrected chi connectivity index (χ0v) is 10.7. The largest absolute Gasteiger partial charge is 0.375 e. The number of alkyl halides is 2. The van der Waals surface area contributed by atoms with Crippen LogP contribution in [0, 0.1) is 5.82 Å². The second kappa shape index (κ2) is 6.43. The number of hydrogen-bond acceptors (Lipinski definition) is 2. The van der Waals surface area contributed by atoms with Gasteiger partial charge in [-0.25, -0.2) is 13.2 Å². The predicted molar refractivity (Wildman–Crippen MR) is 73.2 cm³/mol. The van der Waals surface area contributed by atoms with Gasteiger partial charge in [-0.05, 0) is 17.7 Å². The van der Waals surface area contributed by atoms with Crippen LogP contribution in [0.4, 0.5) is 18.9 Å². The molecule has 1 atom stereocenters. The van der Waals surface area contributed by atoms with E-state index in [1.165, 1.54) is 18.2 Å². The average Bonchev–Trinajstić information content (AvgIpc) is 2.46. The van der Waals surface area contributed by atoms with Gasteiger partial charge in [0.05, 0.1) is 11.7 Å².